The molecule has 0 saturated carbocycles. The van der Waals surface area contributed by atoms with Crippen LogP contribution in [0.25, 0.3) is 0 Å². The van der Waals surface area contributed by atoms with E-state index in [9.17, 15) is 14.5 Å². The Morgan fingerprint density at radius 2 is 1.76 bits per heavy atom. The third-order valence-electron chi connectivity index (χ3n) is 2.24. The molecular formula is C10H21O6P. The zero-order valence-electron chi connectivity index (χ0n) is 10.5. The third kappa shape index (κ3) is 5.64. The van der Waals surface area contributed by atoms with Crippen molar-refractivity contribution in [3.63, 3.8) is 0 Å². The summed E-state index contributed by atoms with van der Waals surface area (Å²) in [6.07, 6.45) is -1.07. The van der Waals surface area contributed by atoms with Gasteiger partial charge in [0.1, 0.15) is 0 Å². The van der Waals surface area contributed by atoms with Crippen LogP contribution in [-0.2, 0) is 18.4 Å². The molecule has 0 amide bonds. The van der Waals surface area contributed by atoms with E-state index in [0.717, 1.165) is 0 Å². The van der Waals surface area contributed by atoms with Gasteiger partial charge < -0.3 is 19.3 Å². The molecule has 0 spiro atoms. The number of carboxylic acids is 1. The summed E-state index contributed by atoms with van der Waals surface area (Å²) in [5.41, 5.74) is -0.807. The quantitative estimate of drug-likeness (QED) is 0.620. The number of carbonyl (C=O) groups is 1. The largest absolute Gasteiger partial charge is 0.481 e. The first kappa shape index (κ1) is 16.6. The summed E-state index contributed by atoms with van der Waals surface area (Å²) < 4.78 is 22.6. The Morgan fingerprint density at radius 1 is 1.29 bits per heavy atom. The predicted molar refractivity (Wildman–Crippen MR) is 63.2 cm³/mol. The summed E-state index contributed by atoms with van der Waals surface area (Å²) in [5, 5.41) is 18.2. The van der Waals surface area contributed by atoms with Gasteiger partial charge in [0.25, 0.3) is 0 Å². The maximum atomic E-state index is 12.4. The minimum Gasteiger partial charge on any atom is -0.481 e. The van der Waals surface area contributed by atoms with Gasteiger partial charge in [-0.15, -0.1) is 0 Å². The van der Waals surface area contributed by atoms with E-state index in [1.807, 2.05) is 0 Å². The van der Waals surface area contributed by atoms with E-state index in [2.05, 4.69) is 0 Å². The molecule has 2 N–H and O–H groups in total. The van der Waals surface area contributed by atoms with E-state index >= 15 is 0 Å². The minimum atomic E-state index is -3.46. The molecule has 0 bridgehead atoms. The van der Waals surface area contributed by atoms with Gasteiger partial charge in [-0.1, -0.05) is 0 Å². The van der Waals surface area contributed by atoms with Gasteiger partial charge in [0.2, 0.25) is 0 Å². The molecule has 0 aliphatic heterocycles. The van der Waals surface area contributed by atoms with Crippen molar-refractivity contribution in [2.75, 3.05) is 13.2 Å². The highest BCUT2D eigenvalue weighted by molar-refractivity contribution is 7.54. The Hall–Kier alpha value is -0.420. The average molecular weight is 268 g/mol. The van der Waals surface area contributed by atoms with Crippen LogP contribution < -0.4 is 0 Å². The van der Waals surface area contributed by atoms with E-state index in [1.54, 1.807) is 13.8 Å². The van der Waals surface area contributed by atoms with Gasteiger partial charge in [0.15, 0.2) is 0 Å². The maximum absolute atomic E-state index is 12.4. The molecule has 17 heavy (non-hydrogen) atoms. The lowest BCUT2D eigenvalue weighted by atomic mass is 10.1. The molecule has 0 aromatic heterocycles. The van der Waals surface area contributed by atoms with Gasteiger partial charge in [-0.25, -0.2) is 0 Å². The molecule has 0 saturated heterocycles. The second-order valence-electron chi connectivity index (χ2n) is 3.62. The first-order valence-electron chi connectivity index (χ1n) is 5.66. The van der Waals surface area contributed by atoms with Crippen LogP contribution >= 0.6 is 7.60 Å². The minimum absolute atomic E-state index is 0.0598. The number of hydrogen-bond donors (Lipinski definition) is 2. The lowest BCUT2D eigenvalue weighted by molar-refractivity contribution is -0.137. The fourth-order valence-corrected chi connectivity index (χ4v) is 3.67. The molecular weight excluding hydrogens is 247 g/mol. The summed E-state index contributed by atoms with van der Waals surface area (Å²) >= 11 is 0. The second-order valence-corrected chi connectivity index (χ2v) is 5.88. The average Bonchev–Trinajstić information content (AvgIpc) is 2.17. The van der Waals surface area contributed by atoms with Crippen LogP contribution in [0.2, 0.25) is 0 Å². The van der Waals surface area contributed by atoms with Crippen LogP contribution in [0.5, 0.6) is 0 Å². The normalized spacial score (nSPS) is 15.5. The molecule has 0 aliphatic rings. The van der Waals surface area contributed by atoms with Crippen molar-refractivity contribution < 1.29 is 28.6 Å². The summed E-state index contributed by atoms with van der Waals surface area (Å²) in [7, 11) is -3.46. The molecule has 2 atom stereocenters. The van der Waals surface area contributed by atoms with Crippen molar-refractivity contribution >= 4 is 13.6 Å². The highest BCUT2D eigenvalue weighted by atomic mass is 31.2. The topological polar surface area (TPSA) is 93.1 Å². The monoisotopic (exact) mass is 268 g/mol. The SMILES string of the molecule is CCOP(=O)(OCC)[C@H](CCC(=O)O)[C@H](C)O. The first-order valence-corrected chi connectivity index (χ1v) is 7.27. The molecule has 0 aromatic rings. The molecule has 0 heterocycles. The Morgan fingerprint density at radius 3 is 2.06 bits per heavy atom. The number of aliphatic carboxylic acids is 1. The van der Waals surface area contributed by atoms with Crippen molar-refractivity contribution in [3.8, 4) is 0 Å². The fraction of sp³-hybridized carbons (Fsp3) is 0.900. The first-order chi connectivity index (χ1) is 7.87. The summed E-state index contributed by atoms with van der Waals surface area (Å²) in [6.45, 7) is 5.17. The molecule has 0 rings (SSSR count). The van der Waals surface area contributed by atoms with Gasteiger partial charge >= 0.3 is 13.6 Å². The molecule has 0 aromatic carbocycles. The molecule has 0 aliphatic carbocycles. The van der Waals surface area contributed by atoms with Crippen LogP contribution in [0, 0.1) is 0 Å². The Kier molecular flexibility index (Phi) is 7.63. The van der Waals surface area contributed by atoms with Gasteiger partial charge in [-0.3, -0.25) is 9.36 Å². The smallest absolute Gasteiger partial charge is 0.336 e. The highest BCUT2D eigenvalue weighted by Crippen LogP contribution is 2.55. The van der Waals surface area contributed by atoms with Gasteiger partial charge in [0.05, 0.1) is 25.0 Å². The third-order valence-corrected chi connectivity index (χ3v) is 4.97. The van der Waals surface area contributed by atoms with Crippen molar-refractivity contribution in [2.45, 2.75) is 45.4 Å². The van der Waals surface area contributed by atoms with E-state index in [-0.39, 0.29) is 26.1 Å². The zero-order valence-corrected chi connectivity index (χ0v) is 11.4. The van der Waals surface area contributed by atoms with Gasteiger partial charge in [-0.05, 0) is 27.2 Å². The number of carboxylic acid groups (broad SMARTS) is 1. The van der Waals surface area contributed by atoms with E-state index in [0.29, 0.717) is 0 Å². The van der Waals surface area contributed by atoms with Crippen LogP contribution in [0.4, 0.5) is 0 Å². The molecule has 0 fully saturated rings. The summed E-state index contributed by atoms with van der Waals surface area (Å²) in [6, 6.07) is 0. The molecule has 102 valence electrons. The zero-order chi connectivity index (χ0) is 13.5. The van der Waals surface area contributed by atoms with Crippen molar-refractivity contribution in [2.24, 2.45) is 0 Å². The van der Waals surface area contributed by atoms with Gasteiger partial charge in [0, 0.05) is 6.42 Å². The van der Waals surface area contributed by atoms with Crippen LogP contribution in [0.15, 0.2) is 0 Å². The van der Waals surface area contributed by atoms with Crippen molar-refractivity contribution in [1.29, 1.82) is 0 Å². The van der Waals surface area contributed by atoms with E-state index in [4.69, 9.17) is 14.2 Å². The Labute approximate surface area is 101 Å². The second kappa shape index (κ2) is 7.82. The molecule has 6 nitrogen and oxygen atoms in total. The molecule has 7 heteroatoms. The molecule has 0 unspecified atom stereocenters. The number of rotatable bonds is 9. The number of hydrogen-bond acceptors (Lipinski definition) is 5. The van der Waals surface area contributed by atoms with Crippen molar-refractivity contribution in [1.82, 2.24) is 0 Å². The fourth-order valence-electron chi connectivity index (χ4n) is 1.52. The Bertz CT molecular complexity index is 268. The standard InChI is InChI=1S/C10H21O6P/c1-4-15-17(14,16-5-2)9(8(3)11)6-7-10(12)13/h8-9,11H,4-7H2,1-3H3,(H,12,13)/t8-,9+/m0/s1. The van der Waals surface area contributed by atoms with Crippen LogP contribution in [0.3, 0.4) is 0 Å². The van der Waals surface area contributed by atoms with Crippen LogP contribution in [-0.4, -0.2) is 41.2 Å². The molecule has 0 radical (unpaired) electrons. The maximum Gasteiger partial charge on any atom is 0.336 e. The van der Waals surface area contributed by atoms with Crippen LogP contribution in [0.1, 0.15) is 33.6 Å². The Balaban J connectivity index is 4.82. The summed E-state index contributed by atoms with van der Waals surface area (Å²) in [5.74, 6) is -1.00. The van der Waals surface area contributed by atoms with E-state index < -0.39 is 25.3 Å². The highest BCUT2D eigenvalue weighted by Gasteiger charge is 2.38. The lowest BCUT2D eigenvalue weighted by Crippen LogP contribution is -2.26. The lowest BCUT2D eigenvalue weighted by Gasteiger charge is -2.27. The van der Waals surface area contributed by atoms with Gasteiger partial charge in [-0.2, -0.15) is 0 Å². The predicted octanol–water partition coefficient (Wildman–Crippen LogP) is 1.87. The summed E-state index contributed by atoms with van der Waals surface area (Å²) in [4.78, 5) is 10.5. The number of aliphatic hydroxyl groups is 1. The van der Waals surface area contributed by atoms with Crippen molar-refractivity contribution in [3.05, 3.63) is 0 Å². The van der Waals surface area contributed by atoms with E-state index in [1.165, 1.54) is 6.92 Å². The number of aliphatic hydroxyl groups excluding tert-OH is 1.